The summed E-state index contributed by atoms with van der Waals surface area (Å²) in [6.45, 7) is 4.23. The van der Waals surface area contributed by atoms with Crippen LogP contribution < -0.4 is 19.7 Å². The minimum Gasteiger partial charge on any atom is -0.490 e. The number of carbonyl (C=O) groups excluding carboxylic acids is 1. The van der Waals surface area contributed by atoms with Crippen molar-refractivity contribution in [2.45, 2.75) is 25.4 Å². The van der Waals surface area contributed by atoms with Gasteiger partial charge in [-0.1, -0.05) is 35.9 Å². The number of para-hydroxylation sites is 2. The Morgan fingerprint density at radius 3 is 2.66 bits per heavy atom. The molecule has 7 nitrogen and oxygen atoms in total. The van der Waals surface area contributed by atoms with Crippen molar-refractivity contribution in [2.75, 3.05) is 30.4 Å². The molecule has 0 fully saturated rings. The Morgan fingerprint density at radius 2 is 1.91 bits per heavy atom. The van der Waals surface area contributed by atoms with Crippen molar-refractivity contribution in [1.29, 1.82) is 0 Å². The number of hydrogen-bond donors (Lipinski definition) is 2. The number of hydrogen-bond acceptors (Lipinski definition) is 5. The van der Waals surface area contributed by atoms with Crippen molar-refractivity contribution in [3.05, 3.63) is 82.9 Å². The van der Waals surface area contributed by atoms with Crippen LogP contribution in [0, 0.1) is 0 Å². The van der Waals surface area contributed by atoms with E-state index in [4.69, 9.17) is 21.1 Å². The molecule has 0 unspecified atom stereocenters. The first-order valence-electron chi connectivity index (χ1n) is 11.2. The first-order chi connectivity index (χ1) is 16.6. The molecule has 1 aliphatic rings. The molecule has 182 valence electrons. The summed E-state index contributed by atoms with van der Waals surface area (Å²) in [6.07, 6.45) is -0.154. The summed E-state index contributed by atoms with van der Waals surface area (Å²) in [6, 6.07) is 19.5. The molecule has 0 saturated carbocycles. The molecule has 8 heteroatoms. The summed E-state index contributed by atoms with van der Waals surface area (Å²) in [5.74, 6) is -0.00709. The lowest BCUT2D eigenvalue weighted by Gasteiger charge is -2.33. The Hall–Kier alpha value is -3.71. The van der Waals surface area contributed by atoms with Crippen LogP contribution in [0.15, 0.2) is 66.7 Å². The fourth-order valence-electron chi connectivity index (χ4n) is 3.85. The van der Waals surface area contributed by atoms with Gasteiger partial charge in [0.05, 0.1) is 28.2 Å². The monoisotopic (exact) mass is 494 g/mol. The Bertz CT molecular complexity index is 1260. The number of rotatable bonds is 7. The lowest BCUT2D eigenvalue weighted by molar-refractivity contribution is -0.142. The smallest absolute Gasteiger partial charge is 0.313 e. The van der Waals surface area contributed by atoms with Crippen molar-refractivity contribution in [1.82, 2.24) is 0 Å². The minimum atomic E-state index is -1.09. The number of halogens is 1. The number of carbonyl (C=O) groups is 2. The Kier molecular flexibility index (Phi) is 6.89. The lowest BCUT2D eigenvalue weighted by Crippen LogP contribution is -2.41. The molecule has 3 aromatic rings. The van der Waals surface area contributed by atoms with Crippen LogP contribution in [0.3, 0.4) is 0 Å². The number of amides is 1. The normalized spacial score (nSPS) is 15.1. The average molecular weight is 495 g/mol. The van der Waals surface area contributed by atoms with Crippen LogP contribution in [0.1, 0.15) is 29.8 Å². The van der Waals surface area contributed by atoms with Gasteiger partial charge in [-0.3, -0.25) is 9.59 Å². The zero-order valence-electron chi connectivity index (χ0n) is 19.7. The summed E-state index contributed by atoms with van der Waals surface area (Å²) in [7, 11) is 2.01. The van der Waals surface area contributed by atoms with Crippen LogP contribution in [0.25, 0.3) is 0 Å². The summed E-state index contributed by atoms with van der Waals surface area (Å²) in [5.41, 5.74) is 1.30. The number of ether oxygens (including phenoxy) is 2. The highest BCUT2D eigenvalue weighted by molar-refractivity contribution is 6.34. The van der Waals surface area contributed by atoms with Crippen molar-refractivity contribution < 1.29 is 24.2 Å². The molecule has 4 rings (SSSR count). The van der Waals surface area contributed by atoms with E-state index in [-0.39, 0.29) is 16.7 Å². The minimum absolute atomic E-state index is 0.154. The molecule has 0 aromatic heterocycles. The second kappa shape index (κ2) is 9.88. The van der Waals surface area contributed by atoms with E-state index in [1.165, 1.54) is 0 Å². The Morgan fingerprint density at radius 1 is 1.14 bits per heavy atom. The third-order valence-electron chi connectivity index (χ3n) is 6.05. The third-order valence-corrected chi connectivity index (χ3v) is 6.36. The van der Waals surface area contributed by atoms with Gasteiger partial charge in [0.2, 0.25) is 0 Å². The van der Waals surface area contributed by atoms with Crippen molar-refractivity contribution >= 4 is 34.9 Å². The summed E-state index contributed by atoms with van der Waals surface area (Å²) in [4.78, 5) is 26.5. The molecule has 0 aliphatic carbocycles. The molecule has 0 spiro atoms. The number of fused-ring (bicyclic) bond motifs is 1. The molecule has 0 bridgehead atoms. The van der Waals surface area contributed by atoms with E-state index in [2.05, 4.69) is 10.2 Å². The van der Waals surface area contributed by atoms with Crippen molar-refractivity contribution in [3.63, 3.8) is 0 Å². The Balaban J connectivity index is 1.40. The highest BCUT2D eigenvalue weighted by atomic mass is 35.5. The molecule has 0 saturated heterocycles. The fraction of sp³-hybridized carbons (Fsp3) is 0.259. The summed E-state index contributed by atoms with van der Waals surface area (Å²) in [5, 5.41) is 12.5. The van der Waals surface area contributed by atoms with E-state index in [0.717, 1.165) is 11.4 Å². The van der Waals surface area contributed by atoms with Gasteiger partial charge in [0.1, 0.15) is 24.2 Å². The average Bonchev–Trinajstić information content (AvgIpc) is 2.83. The lowest BCUT2D eigenvalue weighted by atomic mass is 9.84. The van der Waals surface area contributed by atoms with Gasteiger partial charge in [-0.05, 0) is 61.9 Å². The topological polar surface area (TPSA) is 88.1 Å². The number of aliphatic carboxylic acids is 1. The van der Waals surface area contributed by atoms with Gasteiger partial charge in [-0.25, -0.2) is 0 Å². The number of nitrogens with one attached hydrogen (secondary N) is 1. The number of anilines is 2. The van der Waals surface area contributed by atoms with Crippen LogP contribution in [-0.2, 0) is 10.2 Å². The maximum atomic E-state index is 12.8. The van der Waals surface area contributed by atoms with E-state index in [1.807, 2.05) is 31.3 Å². The molecule has 1 amide bonds. The van der Waals surface area contributed by atoms with Crippen molar-refractivity contribution in [2.24, 2.45) is 0 Å². The molecule has 0 radical (unpaired) electrons. The van der Waals surface area contributed by atoms with Crippen LogP contribution in [0.2, 0.25) is 5.02 Å². The standard InChI is InChI=1S/C27H27ClN2O5/c1-27(2,26(32)33)17-7-6-8-18(13-17)29-25(31)21-12-11-19(14-22(21)28)34-16-20-15-30(3)23-9-4-5-10-24(23)35-20/h4-14,20H,15-16H2,1-3H3,(H,29,31)(H,32,33)/t20-/m0/s1. The first-order valence-corrected chi connectivity index (χ1v) is 11.6. The predicted octanol–water partition coefficient (Wildman–Crippen LogP) is 5.23. The molecular formula is C27H27ClN2O5. The number of carboxylic acids is 1. The summed E-state index contributed by atoms with van der Waals surface area (Å²) >= 11 is 6.39. The fourth-order valence-corrected chi connectivity index (χ4v) is 4.10. The molecular weight excluding hydrogens is 468 g/mol. The van der Waals surface area contributed by atoms with Crippen LogP contribution in [0.4, 0.5) is 11.4 Å². The largest absolute Gasteiger partial charge is 0.490 e. The first kappa shape index (κ1) is 24.4. The highest BCUT2D eigenvalue weighted by Crippen LogP contribution is 2.32. The predicted molar refractivity (Wildman–Crippen MR) is 136 cm³/mol. The number of nitrogens with zero attached hydrogens (tertiary/aromatic N) is 1. The highest BCUT2D eigenvalue weighted by Gasteiger charge is 2.29. The Labute approximate surface area is 209 Å². The molecule has 3 aromatic carbocycles. The van der Waals surface area contributed by atoms with Crippen LogP contribution in [-0.4, -0.2) is 43.3 Å². The van der Waals surface area contributed by atoms with Gasteiger partial charge in [0.15, 0.2) is 0 Å². The second-order valence-corrected chi connectivity index (χ2v) is 9.41. The van der Waals surface area contributed by atoms with Crippen LogP contribution >= 0.6 is 11.6 Å². The van der Waals surface area contributed by atoms with Gasteiger partial charge in [-0.2, -0.15) is 0 Å². The third kappa shape index (κ3) is 5.35. The van der Waals surface area contributed by atoms with E-state index >= 15 is 0 Å². The maximum absolute atomic E-state index is 12.8. The van der Waals surface area contributed by atoms with E-state index in [0.29, 0.717) is 30.2 Å². The van der Waals surface area contributed by atoms with Gasteiger partial charge >= 0.3 is 5.97 Å². The number of carboxylic acid groups (broad SMARTS) is 1. The zero-order valence-corrected chi connectivity index (χ0v) is 20.5. The van der Waals surface area contributed by atoms with Crippen LogP contribution in [0.5, 0.6) is 11.5 Å². The zero-order chi connectivity index (χ0) is 25.2. The summed E-state index contributed by atoms with van der Waals surface area (Å²) < 4.78 is 11.9. The molecule has 2 N–H and O–H groups in total. The second-order valence-electron chi connectivity index (χ2n) is 9.01. The molecule has 1 atom stereocenters. The quantitative estimate of drug-likeness (QED) is 0.467. The van der Waals surface area contributed by atoms with Gasteiger partial charge < -0.3 is 24.8 Å². The van der Waals surface area contributed by atoms with Crippen molar-refractivity contribution in [3.8, 4) is 11.5 Å². The molecule has 35 heavy (non-hydrogen) atoms. The molecule has 1 heterocycles. The van der Waals surface area contributed by atoms with E-state index < -0.39 is 17.3 Å². The number of benzene rings is 3. The maximum Gasteiger partial charge on any atom is 0.313 e. The number of likely N-dealkylation sites (N-methyl/N-ethyl adjacent to an activating group) is 1. The van der Waals surface area contributed by atoms with E-state index in [1.54, 1.807) is 56.3 Å². The SMILES string of the molecule is CN1C[C@@H](COc2ccc(C(=O)Nc3cccc(C(C)(C)C(=O)O)c3)c(Cl)c2)Oc2ccccc21. The van der Waals surface area contributed by atoms with E-state index in [9.17, 15) is 14.7 Å². The molecule has 1 aliphatic heterocycles. The van der Waals surface area contributed by atoms with Gasteiger partial charge in [0, 0.05) is 12.7 Å². The van der Waals surface area contributed by atoms with Gasteiger partial charge in [-0.15, -0.1) is 0 Å². The van der Waals surface area contributed by atoms with Gasteiger partial charge in [0.25, 0.3) is 5.91 Å².